The summed E-state index contributed by atoms with van der Waals surface area (Å²) in [6.07, 6.45) is 7.51. The molecule has 0 aliphatic rings. The second-order valence-electron chi connectivity index (χ2n) is 6.72. The van der Waals surface area contributed by atoms with Crippen molar-refractivity contribution >= 4 is 11.0 Å². The Kier molecular flexibility index (Phi) is 6.07. The van der Waals surface area contributed by atoms with Gasteiger partial charge in [-0.2, -0.15) is 0 Å². The first-order chi connectivity index (χ1) is 15.2. The second kappa shape index (κ2) is 9.25. The number of hydrogen-bond donors (Lipinski definition) is 0. The van der Waals surface area contributed by atoms with Gasteiger partial charge in [0.05, 0.1) is 50.5 Å². The van der Waals surface area contributed by atoms with Crippen LogP contribution in [0.15, 0.2) is 55.1 Å². The quantitative estimate of drug-likeness (QED) is 0.429. The monoisotopic (exact) mass is 418 g/mol. The number of hydrogen-bond acceptors (Lipinski definition) is 8. The third kappa shape index (κ3) is 4.63. The highest BCUT2D eigenvalue weighted by atomic mass is 16.5. The van der Waals surface area contributed by atoms with E-state index < -0.39 is 0 Å². The molecular weight excluding hydrogens is 396 g/mol. The Bertz CT molecular complexity index is 1180. The third-order valence-corrected chi connectivity index (χ3v) is 4.75. The van der Waals surface area contributed by atoms with E-state index in [-0.39, 0.29) is 6.61 Å². The number of methoxy groups -OCH3 is 3. The molecule has 8 nitrogen and oxygen atoms in total. The molecule has 31 heavy (non-hydrogen) atoms. The van der Waals surface area contributed by atoms with Crippen LogP contribution in [-0.2, 0) is 13.0 Å². The van der Waals surface area contributed by atoms with E-state index in [2.05, 4.69) is 19.9 Å². The fourth-order valence-corrected chi connectivity index (χ4v) is 3.12. The van der Waals surface area contributed by atoms with Crippen LogP contribution in [0, 0.1) is 0 Å². The molecule has 0 bridgehead atoms. The van der Waals surface area contributed by atoms with E-state index in [1.165, 1.54) is 0 Å². The van der Waals surface area contributed by atoms with Crippen LogP contribution >= 0.6 is 0 Å². The summed E-state index contributed by atoms with van der Waals surface area (Å²) in [5.41, 5.74) is 4.37. The fraction of sp³-hybridized carbons (Fsp3) is 0.217. The molecule has 4 aromatic heterocycles. The third-order valence-electron chi connectivity index (χ3n) is 4.75. The maximum absolute atomic E-state index is 5.81. The molecule has 0 saturated heterocycles. The lowest BCUT2D eigenvalue weighted by Crippen LogP contribution is -2.03. The molecule has 0 unspecified atom stereocenters. The number of ether oxygens (including phenoxy) is 4. The van der Waals surface area contributed by atoms with Gasteiger partial charge in [0.1, 0.15) is 18.1 Å². The normalized spacial score (nSPS) is 10.7. The molecule has 0 radical (unpaired) electrons. The predicted octanol–water partition coefficient (Wildman–Crippen LogP) is 3.62. The topological polar surface area (TPSA) is 88.5 Å². The zero-order valence-corrected chi connectivity index (χ0v) is 17.5. The molecule has 0 aliphatic heterocycles. The van der Waals surface area contributed by atoms with Crippen LogP contribution in [0.2, 0.25) is 0 Å². The van der Waals surface area contributed by atoms with Crippen molar-refractivity contribution in [2.24, 2.45) is 0 Å². The summed E-state index contributed by atoms with van der Waals surface area (Å²) in [5, 5.41) is 0. The summed E-state index contributed by atoms with van der Waals surface area (Å²) < 4.78 is 21.7. The molecule has 4 heterocycles. The van der Waals surface area contributed by atoms with Crippen molar-refractivity contribution in [3.05, 3.63) is 71.9 Å². The second-order valence-corrected chi connectivity index (χ2v) is 6.72. The van der Waals surface area contributed by atoms with Gasteiger partial charge >= 0.3 is 0 Å². The lowest BCUT2D eigenvalue weighted by Gasteiger charge is -2.12. The van der Waals surface area contributed by atoms with Crippen molar-refractivity contribution in [2.75, 3.05) is 21.3 Å². The summed E-state index contributed by atoms with van der Waals surface area (Å²) in [6.45, 7) is 0.271. The van der Waals surface area contributed by atoms with Crippen molar-refractivity contribution in [3.63, 3.8) is 0 Å². The van der Waals surface area contributed by atoms with Gasteiger partial charge in [-0.1, -0.05) is 0 Å². The van der Waals surface area contributed by atoms with Crippen molar-refractivity contribution in [1.82, 2.24) is 19.9 Å². The number of rotatable bonds is 8. The first-order valence-corrected chi connectivity index (χ1v) is 9.62. The standard InChI is InChI=1S/C23H22N4O4/c1-28-18-5-4-17(25-12-18)14-31-23-21(30-3)9-15(11-27-23)8-16-6-7-24-20-10-19(29-2)13-26-22(16)20/h4-7,9-13H,8,14H2,1-3H3. The lowest BCUT2D eigenvalue weighted by atomic mass is 10.1. The van der Waals surface area contributed by atoms with Crippen molar-refractivity contribution in [2.45, 2.75) is 13.0 Å². The minimum absolute atomic E-state index is 0.271. The Morgan fingerprint density at radius 2 is 1.61 bits per heavy atom. The molecule has 0 amide bonds. The van der Waals surface area contributed by atoms with E-state index in [1.807, 2.05) is 30.3 Å². The first kappa shape index (κ1) is 20.3. The minimum Gasteiger partial charge on any atom is -0.495 e. The Morgan fingerprint density at radius 1 is 0.774 bits per heavy atom. The highest BCUT2D eigenvalue weighted by molar-refractivity contribution is 5.79. The summed E-state index contributed by atoms with van der Waals surface area (Å²) in [7, 11) is 4.80. The van der Waals surface area contributed by atoms with Gasteiger partial charge in [0.2, 0.25) is 0 Å². The molecule has 0 saturated carbocycles. The summed E-state index contributed by atoms with van der Waals surface area (Å²) in [4.78, 5) is 17.6. The van der Waals surface area contributed by atoms with Gasteiger partial charge in [-0.25, -0.2) is 4.98 Å². The van der Waals surface area contributed by atoms with E-state index >= 15 is 0 Å². The summed E-state index contributed by atoms with van der Waals surface area (Å²) >= 11 is 0. The molecule has 8 heteroatoms. The van der Waals surface area contributed by atoms with Gasteiger partial charge in [0.25, 0.3) is 5.88 Å². The Balaban J connectivity index is 1.52. The summed E-state index contributed by atoms with van der Waals surface area (Å²) in [5.74, 6) is 2.33. The van der Waals surface area contributed by atoms with E-state index in [0.29, 0.717) is 29.5 Å². The molecule has 0 atom stereocenters. The Labute approximate surface area is 179 Å². The SMILES string of the molecule is COc1ccc(COc2ncc(Cc3ccnc4cc(OC)cnc34)cc2OC)nc1. The highest BCUT2D eigenvalue weighted by Crippen LogP contribution is 2.28. The Hall–Kier alpha value is -3.94. The molecular formula is C23H22N4O4. The van der Waals surface area contributed by atoms with E-state index in [4.69, 9.17) is 18.9 Å². The predicted molar refractivity (Wildman–Crippen MR) is 115 cm³/mol. The van der Waals surface area contributed by atoms with Crippen molar-refractivity contribution < 1.29 is 18.9 Å². The zero-order chi connectivity index (χ0) is 21.6. The first-order valence-electron chi connectivity index (χ1n) is 9.62. The van der Waals surface area contributed by atoms with Gasteiger partial charge in [-0.15, -0.1) is 0 Å². The van der Waals surface area contributed by atoms with Crippen LogP contribution < -0.4 is 18.9 Å². The summed E-state index contributed by atoms with van der Waals surface area (Å²) in [6, 6.07) is 9.42. The molecule has 0 N–H and O–H groups in total. The van der Waals surface area contributed by atoms with Crippen LogP contribution in [0.3, 0.4) is 0 Å². The highest BCUT2D eigenvalue weighted by Gasteiger charge is 2.11. The molecule has 0 fully saturated rings. The molecule has 4 rings (SSSR count). The number of nitrogens with zero attached hydrogens (tertiary/aromatic N) is 4. The van der Waals surface area contributed by atoms with Crippen molar-refractivity contribution in [3.8, 4) is 23.1 Å². The molecule has 158 valence electrons. The minimum atomic E-state index is 0.271. The molecule has 4 aromatic rings. The molecule has 0 aliphatic carbocycles. The van der Waals surface area contributed by atoms with Crippen LogP contribution in [0.5, 0.6) is 23.1 Å². The number of pyridine rings is 4. The maximum atomic E-state index is 5.81. The smallest absolute Gasteiger partial charge is 0.257 e. The zero-order valence-electron chi connectivity index (χ0n) is 17.5. The van der Waals surface area contributed by atoms with Gasteiger partial charge in [-0.3, -0.25) is 15.0 Å². The van der Waals surface area contributed by atoms with E-state index in [1.54, 1.807) is 46.1 Å². The van der Waals surface area contributed by atoms with Crippen LogP contribution in [0.4, 0.5) is 0 Å². The van der Waals surface area contributed by atoms with E-state index in [9.17, 15) is 0 Å². The van der Waals surface area contributed by atoms with Gasteiger partial charge in [0, 0.05) is 24.9 Å². The van der Waals surface area contributed by atoms with Crippen LogP contribution in [0.25, 0.3) is 11.0 Å². The van der Waals surface area contributed by atoms with E-state index in [0.717, 1.165) is 27.9 Å². The maximum Gasteiger partial charge on any atom is 0.257 e. The molecule has 0 spiro atoms. The average Bonchev–Trinajstić information content (AvgIpc) is 2.83. The van der Waals surface area contributed by atoms with Gasteiger partial charge in [-0.05, 0) is 35.4 Å². The average molecular weight is 418 g/mol. The molecule has 0 aromatic carbocycles. The lowest BCUT2D eigenvalue weighted by molar-refractivity contribution is 0.268. The largest absolute Gasteiger partial charge is 0.495 e. The van der Waals surface area contributed by atoms with Crippen molar-refractivity contribution in [1.29, 1.82) is 0 Å². The van der Waals surface area contributed by atoms with Crippen LogP contribution in [0.1, 0.15) is 16.8 Å². The number of aromatic nitrogens is 4. The fourth-order valence-electron chi connectivity index (χ4n) is 3.12. The van der Waals surface area contributed by atoms with Crippen LogP contribution in [-0.4, -0.2) is 41.3 Å². The number of fused-ring (bicyclic) bond motifs is 1. The van der Waals surface area contributed by atoms with Gasteiger partial charge in [0.15, 0.2) is 5.75 Å². The Morgan fingerprint density at radius 3 is 2.35 bits per heavy atom. The van der Waals surface area contributed by atoms with Gasteiger partial charge < -0.3 is 18.9 Å².